The van der Waals surface area contributed by atoms with Crippen molar-refractivity contribution in [1.29, 1.82) is 0 Å². The number of carboxylic acids is 1. The summed E-state index contributed by atoms with van der Waals surface area (Å²) in [5, 5.41) is 11.6. The Bertz CT molecular complexity index is 493. The van der Waals surface area contributed by atoms with Crippen LogP contribution in [0.4, 0.5) is 0 Å². The molecule has 21 heavy (non-hydrogen) atoms. The van der Waals surface area contributed by atoms with Gasteiger partial charge in [0.15, 0.2) is 0 Å². The summed E-state index contributed by atoms with van der Waals surface area (Å²) < 4.78 is 24.9. The number of carboxylic acid groups (broad SMARTS) is 1. The first kappa shape index (κ1) is 17.9. The van der Waals surface area contributed by atoms with Crippen molar-refractivity contribution < 1.29 is 23.1 Å². The van der Waals surface area contributed by atoms with Crippen molar-refractivity contribution in [3.8, 4) is 0 Å². The lowest BCUT2D eigenvalue weighted by molar-refractivity contribution is -0.147. The van der Waals surface area contributed by atoms with Gasteiger partial charge in [0.25, 0.3) is 0 Å². The van der Waals surface area contributed by atoms with Crippen LogP contribution in [0.2, 0.25) is 0 Å². The molecule has 0 unspecified atom stereocenters. The zero-order valence-electron chi connectivity index (χ0n) is 12.8. The van der Waals surface area contributed by atoms with Gasteiger partial charge in [0.1, 0.15) is 0 Å². The number of hydrogen-bond donors (Lipinski definition) is 2. The van der Waals surface area contributed by atoms with Gasteiger partial charge in [-0.15, -0.1) is 0 Å². The Balaban J connectivity index is 2.48. The Labute approximate surface area is 125 Å². The Kier molecular flexibility index (Phi) is 5.75. The summed E-state index contributed by atoms with van der Waals surface area (Å²) in [5.74, 6) is -1.35. The normalized spacial score (nSPS) is 18.4. The van der Waals surface area contributed by atoms with Crippen molar-refractivity contribution in [3.05, 3.63) is 0 Å². The van der Waals surface area contributed by atoms with E-state index in [2.05, 4.69) is 5.32 Å². The van der Waals surface area contributed by atoms with E-state index >= 15 is 0 Å². The lowest BCUT2D eigenvalue weighted by Gasteiger charge is -2.30. The number of nitrogens with zero attached hydrogens (tertiary/aromatic N) is 1. The number of carbonyl (C=O) groups is 2. The molecule has 0 aromatic carbocycles. The standard InChI is InChI=1S/C13H24N2O5S/c1-4-21(19,20)15-7-5-10(6-8-15)11(16)14-9-13(2,3)12(17)18/h10H,4-9H2,1-3H3,(H,14,16)(H,17,18). The van der Waals surface area contributed by atoms with Crippen molar-refractivity contribution >= 4 is 21.9 Å². The van der Waals surface area contributed by atoms with E-state index in [-0.39, 0.29) is 24.1 Å². The number of hydrogen-bond acceptors (Lipinski definition) is 4. The molecule has 1 amide bonds. The minimum absolute atomic E-state index is 0.0641. The zero-order valence-corrected chi connectivity index (χ0v) is 13.6. The van der Waals surface area contributed by atoms with Gasteiger partial charge in [-0.25, -0.2) is 12.7 Å². The zero-order chi connectivity index (χ0) is 16.3. The molecule has 1 rings (SSSR count). The lowest BCUT2D eigenvalue weighted by atomic mass is 9.92. The van der Waals surface area contributed by atoms with Crippen LogP contribution >= 0.6 is 0 Å². The monoisotopic (exact) mass is 320 g/mol. The summed E-state index contributed by atoms with van der Waals surface area (Å²) in [7, 11) is -3.19. The Morgan fingerprint density at radius 2 is 1.81 bits per heavy atom. The quantitative estimate of drug-likeness (QED) is 0.731. The first-order chi connectivity index (χ1) is 9.60. The molecule has 0 saturated carbocycles. The van der Waals surface area contributed by atoms with Crippen LogP contribution in [0.5, 0.6) is 0 Å². The maximum Gasteiger partial charge on any atom is 0.310 e. The maximum atomic E-state index is 12.0. The van der Waals surface area contributed by atoms with Crippen molar-refractivity contribution in [2.75, 3.05) is 25.4 Å². The summed E-state index contributed by atoms with van der Waals surface area (Å²) in [4.78, 5) is 23.0. The van der Waals surface area contributed by atoms with Crippen LogP contribution in [0, 0.1) is 11.3 Å². The molecular weight excluding hydrogens is 296 g/mol. The summed E-state index contributed by atoms with van der Waals surface area (Å²) >= 11 is 0. The highest BCUT2D eigenvalue weighted by molar-refractivity contribution is 7.89. The van der Waals surface area contributed by atoms with Crippen LogP contribution < -0.4 is 5.32 Å². The number of sulfonamides is 1. The molecule has 1 aliphatic rings. The summed E-state index contributed by atoms with van der Waals surface area (Å²) in [6.07, 6.45) is 0.942. The first-order valence-electron chi connectivity index (χ1n) is 7.09. The average Bonchev–Trinajstić information content (AvgIpc) is 2.44. The van der Waals surface area contributed by atoms with Crippen LogP contribution in [-0.4, -0.2) is 55.1 Å². The second-order valence-electron chi connectivity index (χ2n) is 5.98. The van der Waals surface area contributed by atoms with Crippen LogP contribution in [0.25, 0.3) is 0 Å². The number of carbonyl (C=O) groups excluding carboxylic acids is 1. The summed E-state index contributed by atoms with van der Waals surface area (Å²) in [5.41, 5.74) is -1.01. The van der Waals surface area contributed by atoms with Crippen molar-refractivity contribution in [1.82, 2.24) is 9.62 Å². The summed E-state index contributed by atoms with van der Waals surface area (Å²) in [6, 6.07) is 0. The Hall–Kier alpha value is -1.15. The molecule has 0 aromatic rings. The Morgan fingerprint density at radius 3 is 2.24 bits per heavy atom. The largest absolute Gasteiger partial charge is 0.481 e. The van der Waals surface area contributed by atoms with Gasteiger partial charge in [-0.05, 0) is 33.6 Å². The predicted molar refractivity (Wildman–Crippen MR) is 78.2 cm³/mol. The fourth-order valence-corrected chi connectivity index (χ4v) is 3.24. The molecule has 1 saturated heterocycles. The van der Waals surface area contributed by atoms with Crippen molar-refractivity contribution in [2.45, 2.75) is 33.6 Å². The highest BCUT2D eigenvalue weighted by Gasteiger charge is 2.32. The topological polar surface area (TPSA) is 104 Å². The van der Waals surface area contributed by atoms with Crippen LogP contribution in [-0.2, 0) is 19.6 Å². The third-order valence-corrected chi connectivity index (χ3v) is 5.75. The molecule has 122 valence electrons. The summed E-state index contributed by atoms with van der Waals surface area (Å²) in [6.45, 7) is 5.45. The molecule has 1 fully saturated rings. The van der Waals surface area contributed by atoms with Gasteiger partial charge in [-0.3, -0.25) is 9.59 Å². The average molecular weight is 320 g/mol. The van der Waals surface area contributed by atoms with E-state index in [0.717, 1.165) is 0 Å². The fourth-order valence-electron chi connectivity index (χ4n) is 2.11. The van der Waals surface area contributed by atoms with E-state index in [1.807, 2.05) is 0 Å². The number of amides is 1. The van der Waals surface area contributed by atoms with E-state index in [9.17, 15) is 18.0 Å². The van der Waals surface area contributed by atoms with Gasteiger partial charge < -0.3 is 10.4 Å². The minimum atomic E-state index is -3.19. The first-order valence-corrected chi connectivity index (χ1v) is 8.70. The Morgan fingerprint density at radius 1 is 1.29 bits per heavy atom. The van der Waals surface area contributed by atoms with Gasteiger partial charge in [0.2, 0.25) is 15.9 Å². The van der Waals surface area contributed by atoms with E-state index in [4.69, 9.17) is 5.11 Å². The number of aliphatic carboxylic acids is 1. The third-order valence-electron chi connectivity index (χ3n) is 3.87. The molecule has 0 radical (unpaired) electrons. The molecule has 0 aliphatic carbocycles. The SMILES string of the molecule is CCS(=O)(=O)N1CCC(C(=O)NCC(C)(C)C(=O)O)CC1. The van der Waals surface area contributed by atoms with Crippen LogP contribution in [0.15, 0.2) is 0 Å². The smallest absolute Gasteiger partial charge is 0.310 e. The van der Waals surface area contributed by atoms with Crippen LogP contribution in [0.1, 0.15) is 33.6 Å². The fraction of sp³-hybridized carbons (Fsp3) is 0.846. The van der Waals surface area contributed by atoms with Gasteiger partial charge in [-0.2, -0.15) is 0 Å². The predicted octanol–water partition coefficient (Wildman–Crippen LogP) is 0.275. The molecule has 0 atom stereocenters. The molecule has 1 aliphatic heterocycles. The maximum absolute atomic E-state index is 12.0. The molecule has 1 heterocycles. The molecule has 8 heteroatoms. The molecular formula is C13H24N2O5S. The van der Waals surface area contributed by atoms with Crippen molar-refractivity contribution in [2.24, 2.45) is 11.3 Å². The molecule has 7 nitrogen and oxygen atoms in total. The highest BCUT2D eigenvalue weighted by Crippen LogP contribution is 2.21. The van der Waals surface area contributed by atoms with Crippen LogP contribution in [0.3, 0.4) is 0 Å². The molecule has 0 bridgehead atoms. The van der Waals surface area contributed by atoms with E-state index in [1.165, 1.54) is 4.31 Å². The second-order valence-corrected chi connectivity index (χ2v) is 8.24. The van der Waals surface area contributed by atoms with Gasteiger partial charge >= 0.3 is 5.97 Å². The lowest BCUT2D eigenvalue weighted by Crippen LogP contribution is -2.46. The van der Waals surface area contributed by atoms with E-state index < -0.39 is 21.4 Å². The van der Waals surface area contributed by atoms with Gasteiger partial charge in [0.05, 0.1) is 11.2 Å². The number of nitrogens with one attached hydrogen (secondary N) is 1. The van der Waals surface area contributed by atoms with Crippen molar-refractivity contribution in [3.63, 3.8) is 0 Å². The number of piperidine rings is 1. The number of rotatable bonds is 6. The van der Waals surface area contributed by atoms with Gasteiger partial charge in [-0.1, -0.05) is 0 Å². The highest BCUT2D eigenvalue weighted by atomic mass is 32.2. The molecule has 0 aromatic heterocycles. The minimum Gasteiger partial charge on any atom is -0.481 e. The third kappa shape index (κ3) is 4.67. The molecule has 0 spiro atoms. The van der Waals surface area contributed by atoms with Gasteiger partial charge in [0, 0.05) is 25.6 Å². The van der Waals surface area contributed by atoms with E-state index in [0.29, 0.717) is 25.9 Å². The molecule has 2 N–H and O–H groups in total. The van der Waals surface area contributed by atoms with E-state index in [1.54, 1.807) is 20.8 Å². The second kappa shape index (κ2) is 6.74.